The summed E-state index contributed by atoms with van der Waals surface area (Å²) in [5.41, 5.74) is -0.277. The minimum absolute atomic E-state index is 0.00446. The summed E-state index contributed by atoms with van der Waals surface area (Å²) in [5.74, 6) is 1.50. The highest BCUT2D eigenvalue weighted by atomic mass is 35.5. The average molecular weight is 408 g/mol. The Balaban J connectivity index is 2.20. The second-order valence-electron chi connectivity index (χ2n) is 5.26. The van der Waals surface area contributed by atoms with Crippen molar-refractivity contribution in [3.05, 3.63) is 63.7 Å². The number of nitrogens with zero attached hydrogens (tertiary/aromatic N) is 2. The standard InChI is InChI=1S/C17H14ClN3O5S/c1-2-10-20(27(25,26)14-6-4-3-5-7-14)12-17(22)19-13-8-9-15(18)16(11-13)21(23)24/h1,3-9,11H,10,12H2,(H,19,22). The fraction of sp³-hybridized carbons (Fsp3) is 0.118. The van der Waals surface area contributed by atoms with Gasteiger partial charge >= 0.3 is 0 Å². The number of terminal acetylenes is 1. The number of carbonyl (C=O) groups excluding carboxylic acids is 1. The Bertz CT molecular complexity index is 1000. The smallest absolute Gasteiger partial charge is 0.289 e. The summed E-state index contributed by atoms with van der Waals surface area (Å²) in [6.07, 6.45) is 5.22. The Labute approximate surface area is 161 Å². The molecule has 0 heterocycles. The van der Waals surface area contributed by atoms with Crippen LogP contribution >= 0.6 is 11.6 Å². The maximum atomic E-state index is 12.6. The number of hydrogen-bond acceptors (Lipinski definition) is 5. The average Bonchev–Trinajstić information content (AvgIpc) is 2.63. The minimum Gasteiger partial charge on any atom is -0.325 e. The zero-order valence-corrected chi connectivity index (χ0v) is 15.4. The Morgan fingerprint density at radius 2 is 1.93 bits per heavy atom. The van der Waals surface area contributed by atoms with Crippen molar-refractivity contribution >= 4 is 38.9 Å². The van der Waals surface area contributed by atoms with Gasteiger partial charge in [-0.05, 0) is 24.3 Å². The summed E-state index contributed by atoms with van der Waals surface area (Å²) in [6, 6.07) is 11.2. The lowest BCUT2D eigenvalue weighted by Crippen LogP contribution is -2.38. The molecule has 0 fully saturated rings. The van der Waals surface area contributed by atoms with Gasteiger partial charge in [0.1, 0.15) is 5.02 Å². The lowest BCUT2D eigenvalue weighted by molar-refractivity contribution is -0.384. The molecule has 10 heteroatoms. The highest BCUT2D eigenvalue weighted by Gasteiger charge is 2.26. The van der Waals surface area contributed by atoms with Gasteiger partial charge in [-0.3, -0.25) is 14.9 Å². The molecule has 0 unspecified atom stereocenters. The second kappa shape index (κ2) is 8.64. The molecule has 0 aliphatic rings. The van der Waals surface area contributed by atoms with Gasteiger partial charge in [-0.25, -0.2) is 8.42 Å². The summed E-state index contributed by atoms with van der Waals surface area (Å²) >= 11 is 5.72. The van der Waals surface area contributed by atoms with E-state index in [1.165, 1.54) is 24.3 Å². The molecule has 2 rings (SSSR count). The second-order valence-corrected chi connectivity index (χ2v) is 7.61. The van der Waals surface area contributed by atoms with Gasteiger partial charge in [0.15, 0.2) is 0 Å². The molecule has 1 amide bonds. The van der Waals surface area contributed by atoms with Gasteiger partial charge in [-0.1, -0.05) is 35.7 Å². The number of rotatable bonds is 7. The first kappa shape index (κ1) is 20.4. The number of nitrogens with one attached hydrogen (secondary N) is 1. The highest BCUT2D eigenvalue weighted by Crippen LogP contribution is 2.27. The van der Waals surface area contributed by atoms with E-state index in [4.69, 9.17) is 18.0 Å². The van der Waals surface area contributed by atoms with Crippen LogP contribution in [0.5, 0.6) is 0 Å². The van der Waals surface area contributed by atoms with Gasteiger partial charge in [-0.2, -0.15) is 4.31 Å². The van der Waals surface area contributed by atoms with Crippen LogP contribution in [0.3, 0.4) is 0 Å². The molecule has 0 spiro atoms. The lowest BCUT2D eigenvalue weighted by atomic mass is 10.3. The van der Waals surface area contributed by atoms with Crippen molar-refractivity contribution in [2.75, 3.05) is 18.4 Å². The first-order valence-electron chi connectivity index (χ1n) is 7.48. The minimum atomic E-state index is -3.98. The van der Waals surface area contributed by atoms with Crippen LogP contribution in [0.15, 0.2) is 53.4 Å². The number of sulfonamides is 1. The van der Waals surface area contributed by atoms with Crippen LogP contribution < -0.4 is 5.32 Å². The van der Waals surface area contributed by atoms with E-state index < -0.39 is 27.4 Å². The van der Waals surface area contributed by atoms with Gasteiger partial charge in [-0.15, -0.1) is 6.42 Å². The van der Waals surface area contributed by atoms with E-state index in [-0.39, 0.29) is 27.8 Å². The number of nitro groups is 1. The Kier molecular flexibility index (Phi) is 6.52. The number of carbonyl (C=O) groups is 1. The largest absolute Gasteiger partial charge is 0.325 e. The van der Waals surface area contributed by atoms with Gasteiger partial charge in [0.25, 0.3) is 5.69 Å². The molecule has 0 bridgehead atoms. The molecule has 0 atom stereocenters. The maximum Gasteiger partial charge on any atom is 0.289 e. The number of anilines is 1. The van der Waals surface area contributed by atoms with E-state index >= 15 is 0 Å². The molecule has 2 aromatic carbocycles. The number of halogens is 1. The molecule has 0 saturated carbocycles. The van der Waals surface area contributed by atoms with E-state index in [0.29, 0.717) is 0 Å². The molecule has 0 aromatic heterocycles. The van der Waals surface area contributed by atoms with E-state index in [1.54, 1.807) is 18.2 Å². The van der Waals surface area contributed by atoms with Crippen molar-refractivity contribution in [1.82, 2.24) is 4.31 Å². The van der Waals surface area contributed by atoms with Crippen LogP contribution in [-0.4, -0.2) is 36.6 Å². The molecule has 140 valence electrons. The number of amides is 1. The Morgan fingerprint density at radius 3 is 2.52 bits per heavy atom. The predicted molar refractivity (Wildman–Crippen MR) is 101 cm³/mol. The normalized spacial score (nSPS) is 11.0. The molecule has 2 aromatic rings. The van der Waals surface area contributed by atoms with Crippen molar-refractivity contribution in [2.24, 2.45) is 0 Å². The van der Waals surface area contributed by atoms with Crippen LogP contribution in [0.25, 0.3) is 0 Å². The molecule has 0 radical (unpaired) electrons. The molecule has 27 heavy (non-hydrogen) atoms. The fourth-order valence-corrected chi connectivity index (χ4v) is 3.68. The van der Waals surface area contributed by atoms with Crippen LogP contribution in [0, 0.1) is 22.5 Å². The fourth-order valence-electron chi connectivity index (χ4n) is 2.16. The summed E-state index contributed by atoms with van der Waals surface area (Å²) in [5, 5.41) is 13.2. The molecular weight excluding hydrogens is 394 g/mol. The molecule has 0 aliphatic heterocycles. The van der Waals surface area contributed by atoms with Gasteiger partial charge < -0.3 is 5.32 Å². The van der Waals surface area contributed by atoms with Crippen molar-refractivity contribution < 1.29 is 18.1 Å². The van der Waals surface area contributed by atoms with Crippen molar-refractivity contribution in [3.8, 4) is 12.3 Å². The summed E-state index contributed by atoms with van der Waals surface area (Å²) in [6.45, 7) is -0.872. The number of nitro benzene ring substituents is 1. The molecule has 0 saturated heterocycles. The molecular formula is C17H14ClN3O5S. The molecule has 8 nitrogen and oxygen atoms in total. The van der Waals surface area contributed by atoms with Crippen LogP contribution in [0.2, 0.25) is 5.02 Å². The quantitative estimate of drug-likeness (QED) is 0.431. The SMILES string of the molecule is C#CCN(CC(=O)Nc1ccc(Cl)c([N+](=O)[O-])c1)S(=O)(=O)c1ccccc1. The van der Waals surface area contributed by atoms with Gasteiger partial charge in [0.2, 0.25) is 15.9 Å². The molecule has 0 aliphatic carbocycles. The zero-order valence-electron chi connectivity index (χ0n) is 13.8. The van der Waals surface area contributed by atoms with Crippen LogP contribution in [0.4, 0.5) is 11.4 Å². The topological polar surface area (TPSA) is 110 Å². The summed E-state index contributed by atoms with van der Waals surface area (Å²) in [7, 11) is -3.98. The highest BCUT2D eigenvalue weighted by molar-refractivity contribution is 7.89. The van der Waals surface area contributed by atoms with E-state index in [1.807, 2.05) is 0 Å². The van der Waals surface area contributed by atoms with E-state index in [2.05, 4.69) is 11.2 Å². The van der Waals surface area contributed by atoms with Crippen LogP contribution in [-0.2, 0) is 14.8 Å². The van der Waals surface area contributed by atoms with Gasteiger partial charge in [0, 0.05) is 11.8 Å². The third-order valence-electron chi connectivity index (χ3n) is 3.40. The van der Waals surface area contributed by atoms with Gasteiger partial charge in [0.05, 0.1) is 22.9 Å². The summed E-state index contributed by atoms with van der Waals surface area (Å²) in [4.78, 5) is 22.5. The first-order chi connectivity index (χ1) is 12.8. The van der Waals surface area contributed by atoms with E-state index in [9.17, 15) is 23.3 Å². The number of hydrogen-bond donors (Lipinski definition) is 1. The maximum absolute atomic E-state index is 12.6. The van der Waals surface area contributed by atoms with Crippen molar-refractivity contribution in [3.63, 3.8) is 0 Å². The lowest BCUT2D eigenvalue weighted by Gasteiger charge is -2.19. The van der Waals surface area contributed by atoms with Crippen LogP contribution in [0.1, 0.15) is 0 Å². The van der Waals surface area contributed by atoms with Crippen molar-refractivity contribution in [2.45, 2.75) is 4.90 Å². The third kappa shape index (κ3) is 5.04. The van der Waals surface area contributed by atoms with Crippen molar-refractivity contribution in [1.29, 1.82) is 0 Å². The molecule has 1 N–H and O–H groups in total. The predicted octanol–water partition coefficient (Wildman–Crippen LogP) is 2.51. The number of benzene rings is 2. The Hall–Kier alpha value is -2.93. The third-order valence-corrected chi connectivity index (χ3v) is 5.52. The monoisotopic (exact) mass is 407 g/mol. The summed E-state index contributed by atoms with van der Waals surface area (Å²) < 4.78 is 26.1. The zero-order chi connectivity index (χ0) is 20.0. The Morgan fingerprint density at radius 1 is 1.26 bits per heavy atom. The first-order valence-corrected chi connectivity index (χ1v) is 9.30. The van der Waals surface area contributed by atoms with E-state index in [0.717, 1.165) is 10.4 Å².